The number of halogens is 2. The average Bonchev–Trinajstić information content (AvgIpc) is 3.68. The van der Waals surface area contributed by atoms with Crippen LogP contribution in [0.1, 0.15) is 18.1 Å². The highest BCUT2D eigenvalue weighted by atomic mass is 19.2. The van der Waals surface area contributed by atoms with Crippen LogP contribution in [0.2, 0.25) is 0 Å². The number of carbonyl (C=O) groups is 1. The van der Waals surface area contributed by atoms with Gasteiger partial charge in [0.05, 0.1) is 12.8 Å². The smallest absolute Gasteiger partial charge is 0.497 e. The van der Waals surface area contributed by atoms with E-state index in [9.17, 15) is 9.90 Å². The van der Waals surface area contributed by atoms with E-state index in [2.05, 4.69) is 0 Å². The summed E-state index contributed by atoms with van der Waals surface area (Å²) in [6.45, 7) is 1.45. The van der Waals surface area contributed by atoms with Gasteiger partial charge in [0.25, 0.3) is 0 Å². The van der Waals surface area contributed by atoms with Gasteiger partial charge < -0.3 is 19.1 Å². The number of carboxylic acids is 1. The monoisotopic (exact) mass is 615 g/mol. The van der Waals surface area contributed by atoms with E-state index in [1.54, 1.807) is 73.8 Å². The second-order valence-electron chi connectivity index (χ2n) is 10.5. The molecule has 0 bridgehead atoms. The molecule has 0 amide bonds. The number of aromatic nitrogens is 1. The maximum Gasteiger partial charge on any atom is 0.679 e. The Hall–Kier alpha value is -5.77. The van der Waals surface area contributed by atoms with Gasteiger partial charge in [0, 0.05) is 22.4 Å². The Balaban J connectivity index is 1.53. The molecule has 0 spiro atoms. The van der Waals surface area contributed by atoms with Crippen LogP contribution in [0.25, 0.3) is 28.0 Å². The van der Waals surface area contributed by atoms with Gasteiger partial charge in [-0.2, -0.15) is 0 Å². The van der Waals surface area contributed by atoms with Gasteiger partial charge in [-0.3, -0.25) is 8.63 Å². The number of hydrogen-bond acceptors (Lipinski definition) is 4. The number of allylic oxidation sites excluding steroid dienone is 1. The second kappa shape index (κ2) is 13.1. The van der Waals surface area contributed by atoms with Crippen LogP contribution in [0.15, 0.2) is 131 Å². The number of aliphatic imine (C=N–C) groups is 2. The largest absolute Gasteiger partial charge is 0.679 e. The Morgan fingerprint density at radius 3 is 2.00 bits per heavy atom. The Morgan fingerprint density at radius 2 is 1.41 bits per heavy atom. The minimum absolute atomic E-state index is 0.0493. The van der Waals surface area contributed by atoms with E-state index in [-0.39, 0.29) is 11.7 Å². The normalized spacial score (nSPS) is 14.0. The number of amidine groups is 1. The van der Waals surface area contributed by atoms with E-state index in [1.165, 1.54) is 6.92 Å². The van der Waals surface area contributed by atoms with Crippen molar-refractivity contribution in [3.05, 3.63) is 132 Å². The lowest BCUT2D eigenvalue weighted by atomic mass is 10.0. The number of ether oxygens (including phenoxy) is 2. The van der Waals surface area contributed by atoms with Gasteiger partial charge in [-0.1, -0.05) is 84.9 Å². The summed E-state index contributed by atoms with van der Waals surface area (Å²) >= 11 is 0. The lowest BCUT2D eigenvalue weighted by Crippen LogP contribution is -2.22. The third-order valence-corrected chi connectivity index (χ3v) is 7.53. The number of methoxy groups -OCH3 is 1. The average molecular weight is 615 g/mol. The third kappa shape index (κ3) is 6.23. The number of nitrogens with zero attached hydrogens (tertiary/aromatic N) is 3. The van der Waals surface area contributed by atoms with Crippen molar-refractivity contribution in [3.63, 3.8) is 0 Å². The lowest BCUT2D eigenvalue weighted by Gasteiger charge is -2.12. The molecular formula is C36H28BF2N3O4. The molecule has 1 aromatic heterocycles. The van der Waals surface area contributed by atoms with E-state index in [1.807, 2.05) is 54.6 Å². The van der Waals surface area contributed by atoms with Crippen LogP contribution in [-0.2, 0) is 4.79 Å². The first-order valence-electron chi connectivity index (χ1n) is 14.5. The molecule has 1 aliphatic rings. The predicted octanol–water partition coefficient (Wildman–Crippen LogP) is 8.07. The molecule has 7 nitrogen and oxygen atoms in total. The Kier molecular flexibility index (Phi) is 8.60. The number of aliphatic carboxylic acids is 1. The molecule has 228 valence electrons. The van der Waals surface area contributed by atoms with E-state index in [0.29, 0.717) is 50.7 Å². The summed E-state index contributed by atoms with van der Waals surface area (Å²) < 4.78 is 41.8. The van der Waals surface area contributed by atoms with Crippen molar-refractivity contribution in [2.75, 3.05) is 7.11 Å². The second-order valence-corrected chi connectivity index (χ2v) is 10.5. The van der Waals surface area contributed by atoms with Crippen molar-refractivity contribution in [1.29, 1.82) is 0 Å². The van der Waals surface area contributed by atoms with E-state index in [0.717, 1.165) is 10.0 Å². The first-order chi connectivity index (χ1) is 22.3. The van der Waals surface area contributed by atoms with Crippen LogP contribution >= 0.6 is 0 Å². The van der Waals surface area contributed by atoms with Gasteiger partial charge in [-0.25, -0.2) is 14.8 Å². The van der Waals surface area contributed by atoms with Gasteiger partial charge in [0.1, 0.15) is 17.3 Å². The molecule has 1 unspecified atom stereocenters. The summed E-state index contributed by atoms with van der Waals surface area (Å²) in [7, 11) is -1.34. The quantitative estimate of drug-likeness (QED) is 0.161. The fraction of sp³-hybridized carbons (Fsp3) is 0.0833. The van der Waals surface area contributed by atoms with E-state index >= 15 is 8.63 Å². The fourth-order valence-electron chi connectivity index (χ4n) is 5.17. The molecule has 0 fully saturated rings. The Labute approximate surface area is 265 Å². The van der Waals surface area contributed by atoms with Crippen LogP contribution in [-0.4, -0.2) is 47.7 Å². The minimum atomic E-state index is -2.90. The summed E-state index contributed by atoms with van der Waals surface area (Å²) in [5.74, 6) is 0.230. The molecule has 5 aromatic rings. The van der Waals surface area contributed by atoms with Crippen molar-refractivity contribution in [2.45, 2.75) is 13.0 Å². The van der Waals surface area contributed by atoms with Gasteiger partial charge in [0.15, 0.2) is 11.9 Å². The third-order valence-electron chi connectivity index (χ3n) is 7.53. The number of carboxylic acid groups (broad SMARTS) is 1. The summed E-state index contributed by atoms with van der Waals surface area (Å²) in [6, 6.07) is 34.3. The highest BCUT2D eigenvalue weighted by Gasteiger charge is 2.30. The molecule has 0 saturated heterocycles. The lowest BCUT2D eigenvalue weighted by molar-refractivity contribution is -0.144. The summed E-state index contributed by atoms with van der Waals surface area (Å²) in [4.78, 5) is 21.0. The summed E-state index contributed by atoms with van der Waals surface area (Å²) in [6.07, 6.45) is 0.837. The van der Waals surface area contributed by atoms with Crippen LogP contribution in [0.5, 0.6) is 11.5 Å². The standard InChI is InChI=1S/C36H28BF2N3O4/c1-23(36(43)44)46-29-19-15-24(16-20-29)30-21-32(26-9-5-3-6-10-26)40-34(30)41-35-31(25-13-17-28(45-2)18-14-25)22-33(42(35)37(38)39)27-11-7-4-8-12-27/h3-23H,1-2H3,(H,43,44)/b41-34-. The van der Waals surface area contributed by atoms with Gasteiger partial charge in [0.2, 0.25) is 0 Å². The maximum absolute atomic E-state index is 15.0. The molecule has 46 heavy (non-hydrogen) atoms. The number of hydrogen-bond donors (Lipinski definition) is 1. The summed E-state index contributed by atoms with van der Waals surface area (Å²) in [5, 5.41) is 9.22. The molecule has 2 heterocycles. The van der Waals surface area contributed by atoms with Gasteiger partial charge in [-0.05, 0) is 60.0 Å². The summed E-state index contributed by atoms with van der Waals surface area (Å²) in [5.41, 5.74) is 4.89. The fourth-order valence-corrected chi connectivity index (χ4v) is 5.17. The zero-order valence-corrected chi connectivity index (χ0v) is 25.0. The molecule has 6 rings (SSSR count). The van der Waals surface area contributed by atoms with Crippen molar-refractivity contribution in [1.82, 2.24) is 4.48 Å². The Morgan fingerprint density at radius 1 is 0.826 bits per heavy atom. The first-order valence-corrected chi connectivity index (χ1v) is 14.5. The SMILES string of the molecule is COc1ccc(-c2cc(-c3ccccc3)n(B(F)F)c2/N=C2\N=C(c3ccccc3)C=C2c2ccc(OC(C)C(=O)O)cc2)cc1. The van der Waals surface area contributed by atoms with Crippen molar-refractivity contribution in [3.8, 4) is 33.9 Å². The van der Waals surface area contributed by atoms with Crippen molar-refractivity contribution < 1.29 is 28.0 Å². The van der Waals surface area contributed by atoms with Gasteiger partial charge in [-0.15, -0.1) is 0 Å². The van der Waals surface area contributed by atoms with Crippen molar-refractivity contribution >= 4 is 36.3 Å². The van der Waals surface area contributed by atoms with Gasteiger partial charge >= 0.3 is 13.4 Å². The highest BCUT2D eigenvalue weighted by Crippen LogP contribution is 2.41. The van der Waals surface area contributed by atoms with Crippen molar-refractivity contribution in [2.24, 2.45) is 9.98 Å². The molecular weight excluding hydrogens is 587 g/mol. The molecule has 4 aromatic carbocycles. The number of benzene rings is 4. The molecule has 0 saturated carbocycles. The number of rotatable bonds is 10. The first kappa shape index (κ1) is 30.3. The molecule has 1 atom stereocenters. The molecule has 1 N–H and O–H groups in total. The minimum Gasteiger partial charge on any atom is -0.497 e. The van der Waals surface area contributed by atoms with Crippen LogP contribution in [0, 0.1) is 0 Å². The predicted molar refractivity (Wildman–Crippen MR) is 177 cm³/mol. The molecule has 0 aliphatic carbocycles. The van der Waals surface area contributed by atoms with E-state index < -0.39 is 19.5 Å². The van der Waals surface area contributed by atoms with Crippen LogP contribution in [0.3, 0.4) is 0 Å². The highest BCUT2D eigenvalue weighted by molar-refractivity contribution is 6.43. The van der Waals surface area contributed by atoms with Crippen LogP contribution in [0.4, 0.5) is 14.4 Å². The molecule has 1 aliphatic heterocycles. The zero-order chi connectivity index (χ0) is 32.2. The topological polar surface area (TPSA) is 85.4 Å². The van der Waals surface area contributed by atoms with Crippen LogP contribution < -0.4 is 9.47 Å². The molecule has 0 radical (unpaired) electrons. The zero-order valence-electron chi connectivity index (χ0n) is 25.0. The van der Waals surface area contributed by atoms with E-state index in [4.69, 9.17) is 19.5 Å². The Bertz CT molecular complexity index is 1950. The maximum atomic E-state index is 15.0. The molecule has 10 heteroatoms.